The largest absolute Gasteiger partial charge is 0.445 e. The maximum atomic E-state index is 10.4. The highest BCUT2D eigenvalue weighted by Crippen LogP contribution is 1.99. The number of esters is 1. The smallest absolute Gasteiger partial charge is 0.440 e. The molecule has 0 rings (SSSR count). The molecular weight excluding hydrogens is 292 g/mol. The fourth-order valence-corrected chi connectivity index (χ4v) is 0.747. The molecule has 0 aliphatic carbocycles. The minimum atomic E-state index is -4.30. The molecule has 0 saturated carbocycles. The van der Waals surface area contributed by atoms with E-state index in [1.54, 1.807) is 0 Å². The van der Waals surface area contributed by atoms with Gasteiger partial charge in [0.05, 0.1) is 0 Å². The zero-order valence-electron chi connectivity index (χ0n) is 9.21. The summed E-state index contributed by atoms with van der Waals surface area (Å²) in [7, 11) is -8.59. The van der Waals surface area contributed by atoms with Gasteiger partial charge in [-0.2, -0.15) is 16.8 Å². The monoisotopic (exact) mass is 304 g/mol. The summed E-state index contributed by atoms with van der Waals surface area (Å²) in [6.07, 6.45) is 1.43. The van der Waals surface area contributed by atoms with Crippen molar-refractivity contribution >= 4 is 26.5 Å². The van der Waals surface area contributed by atoms with E-state index in [0.29, 0.717) is 6.26 Å². The lowest BCUT2D eigenvalue weighted by Crippen LogP contribution is -2.22. The van der Waals surface area contributed by atoms with E-state index in [-0.39, 0.29) is 0 Å². The zero-order valence-corrected chi connectivity index (χ0v) is 10.8. The van der Waals surface area contributed by atoms with Crippen LogP contribution in [-0.4, -0.2) is 37.3 Å². The Morgan fingerprint density at radius 3 is 1.83 bits per heavy atom. The van der Waals surface area contributed by atoms with Crippen molar-refractivity contribution in [2.75, 3.05) is 0 Å². The molecule has 0 aromatic carbocycles. The summed E-state index contributed by atoms with van der Waals surface area (Å²) in [4.78, 5) is 10.4. The quantitative estimate of drug-likeness (QED) is 0.308. The molecule has 0 amide bonds. The van der Waals surface area contributed by atoms with Crippen molar-refractivity contribution in [2.24, 2.45) is 0 Å². The van der Waals surface area contributed by atoms with Crippen LogP contribution in [-0.2, 0) is 34.2 Å². The van der Waals surface area contributed by atoms with Crippen LogP contribution in [0, 0.1) is 0 Å². The molecule has 0 fully saturated rings. The highest BCUT2D eigenvalue weighted by Gasteiger charge is 2.19. The number of carbonyl (C=O) groups is 1. The Kier molecular flexibility index (Phi) is 8.21. The van der Waals surface area contributed by atoms with Gasteiger partial charge in [-0.05, 0) is 6.92 Å². The maximum Gasteiger partial charge on any atom is 0.445 e. The second kappa shape index (κ2) is 7.81. The number of carbonyl (C=O) groups excluding carboxylic acids is 1. The topological polar surface area (TPSA) is 144 Å². The van der Waals surface area contributed by atoms with Crippen molar-refractivity contribution < 1.29 is 39.7 Å². The van der Waals surface area contributed by atoms with E-state index in [1.165, 1.54) is 0 Å². The first-order chi connectivity index (χ1) is 7.94. The number of ether oxygens (including phenoxy) is 1. The molecule has 0 aromatic heterocycles. The van der Waals surface area contributed by atoms with Crippen molar-refractivity contribution in [1.82, 2.24) is 0 Å². The van der Waals surface area contributed by atoms with Gasteiger partial charge in [-0.25, -0.2) is 4.79 Å². The van der Waals surface area contributed by atoms with Gasteiger partial charge in [-0.15, -0.1) is 0 Å². The van der Waals surface area contributed by atoms with E-state index < -0.39 is 31.9 Å². The van der Waals surface area contributed by atoms with Crippen LogP contribution in [0.15, 0.2) is 25.5 Å². The molecule has 1 atom stereocenters. The summed E-state index contributed by atoms with van der Waals surface area (Å²) in [5, 5.41) is 0. The summed E-state index contributed by atoms with van der Waals surface area (Å²) in [6.45, 7) is 6.97. The number of hydrogen-bond acceptors (Lipinski definition) is 7. The third-order valence-electron chi connectivity index (χ3n) is 1.06. The third-order valence-corrected chi connectivity index (χ3v) is 2.37. The van der Waals surface area contributed by atoms with Crippen LogP contribution >= 0.6 is 0 Å². The van der Waals surface area contributed by atoms with Crippen LogP contribution in [0.2, 0.25) is 0 Å². The van der Waals surface area contributed by atoms with Crippen LogP contribution in [0.1, 0.15) is 6.92 Å². The van der Waals surface area contributed by atoms with Crippen LogP contribution in [0.25, 0.3) is 0 Å². The molecule has 2 N–H and O–H groups in total. The normalized spacial score (nSPS) is 12.4. The Balaban J connectivity index is 0. The first-order valence-electron chi connectivity index (χ1n) is 4.00. The molecule has 0 radical (unpaired) electrons. The van der Waals surface area contributed by atoms with Gasteiger partial charge in [-0.1, -0.05) is 13.2 Å². The van der Waals surface area contributed by atoms with Crippen LogP contribution < -0.4 is 0 Å². The summed E-state index contributed by atoms with van der Waals surface area (Å²) in [5.74, 6) is -0.893. The van der Waals surface area contributed by atoms with Crippen LogP contribution in [0.5, 0.6) is 0 Å². The van der Waals surface area contributed by atoms with E-state index in [4.69, 9.17) is 9.11 Å². The molecule has 0 heterocycles. The molecular formula is C7H12O9S2. The van der Waals surface area contributed by atoms with Crippen molar-refractivity contribution in [3.63, 3.8) is 0 Å². The summed E-state index contributed by atoms with van der Waals surface area (Å²) >= 11 is 0. The van der Waals surface area contributed by atoms with Gasteiger partial charge in [-0.3, -0.25) is 9.11 Å². The van der Waals surface area contributed by atoms with Crippen LogP contribution in [0.4, 0.5) is 0 Å². The highest BCUT2D eigenvalue weighted by molar-refractivity contribution is 7.86. The van der Waals surface area contributed by atoms with E-state index in [0.717, 1.165) is 13.0 Å². The lowest BCUT2D eigenvalue weighted by atomic mass is 10.6. The van der Waals surface area contributed by atoms with E-state index in [2.05, 4.69) is 22.1 Å². The predicted molar refractivity (Wildman–Crippen MR) is 60.1 cm³/mol. The van der Waals surface area contributed by atoms with Gasteiger partial charge in [0.2, 0.25) is 5.44 Å². The molecule has 18 heavy (non-hydrogen) atoms. The minimum Gasteiger partial charge on any atom is -0.440 e. The Labute approximate surface area is 104 Å². The summed E-state index contributed by atoms with van der Waals surface area (Å²) in [6, 6.07) is 0. The Bertz CT molecular complexity index is 487. The second-order valence-electron chi connectivity index (χ2n) is 2.41. The zero-order chi connectivity index (χ0) is 15.0. The third kappa shape index (κ3) is 12.6. The van der Waals surface area contributed by atoms with E-state index in [9.17, 15) is 21.6 Å². The molecule has 0 saturated heterocycles. The van der Waals surface area contributed by atoms with E-state index in [1.807, 2.05) is 0 Å². The van der Waals surface area contributed by atoms with Gasteiger partial charge in [0.15, 0.2) is 0 Å². The average Bonchev–Trinajstić information content (AvgIpc) is 2.15. The molecule has 1 unspecified atom stereocenters. The Morgan fingerprint density at radius 1 is 1.22 bits per heavy atom. The second-order valence-corrected chi connectivity index (χ2v) is 5.16. The number of rotatable bonds is 5. The molecule has 0 bridgehead atoms. The lowest BCUT2D eigenvalue weighted by molar-refractivity contribution is -0.139. The van der Waals surface area contributed by atoms with Gasteiger partial charge in [0.1, 0.15) is 6.26 Å². The molecule has 106 valence electrons. The molecule has 0 aliphatic heterocycles. The average molecular weight is 304 g/mol. The van der Waals surface area contributed by atoms with Gasteiger partial charge in [0.25, 0.3) is 0 Å². The molecule has 0 aromatic rings. The molecule has 9 nitrogen and oxygen atoms in total. The van der Waals surface area contributed by atoms with Gasteiger partial charge in [0, 0.05) is 6.08 Å². The molecule has 0 spiro atoms. The first-order valence-corrected chi connectivity index (χ1v) is 6.86. The van der Waals surface area contributed by atoms with E-state index >= 15 is 0 Å². The van der Waals surface area contributed by atoms with Crippen molar-refractivity contribution in [1.29, 1.82) is 0 Å². The highest BCUT2D eigenvalue weighted by atomic mass is 32.3. The first kappa shape index (κ1) is 18.9. The number of hydrogen-bond donors (Lipinski definition) is 2. The van der Waals surface area contributed by atoms with Crippen molar-refractivity contribution in [2.45, 2.75) is 12.4 Å². The molecule has 0 aliphatic rings. The van der Waals surface area contributed by atoms with Crippen LogP contribution in [0.3, 0.4) is 0 Å². The Hall–Kier alpha value is -1.43. The fraction of sp³-hybridized carbons (Fsp3) is 0.286. The minimum absolute atomic E-state index is 0.620. The van der Waals surface area contributed by atoms with Crippen molar-refractivity contribution in [3.8, 4) is 0 Å². The van der Waals surface area contributed by atoms with Gasteiger partial charge < -0.3 is 8.92 Å². The lowest BCUT2D eigenvalue weighted by Gasteiger charge is -2.06. The maximum absolute atomic E-state index is 10.4. The molecule has 11 heteroatoms. The standard InChI is InChI=1S/C5H8O5S.C2H4O4S/c1-3-5(6)10-4(2)11(7,8)9;1-2-6-7(3,4)5/h3-4H,1H2,2H3,(H,7,8,9);2H,1H2,(H,3,4,5). The predicted octanol–water partition coefficient (Wildman–Crippen LogP) is -0.101. The SMILES string of the molecule is C=CC(=O)OC(C)S(=O)(=O)O.C=COS(=O)(=O)O. The van der Waals surface area contributed by atoms with Gasteiger partial charge >= 0.3 is 26.5 Å². The fourth-order valence-electron chi connectivity index (χ4n) is 0.358. The summed E-state index contributed by atoms with van der Waals surface area (Å²) < 4.78 is 63.1. The van der Waals surface area contributed by atoms with Crippen molar-refractivity contribution in [3.05, 3.63) is 25.5 Å². The summed E-state index contributed by atoms with van der Waals surface area (Å²) in [5.41, 5.74) is -1.55. The Morgan fingerprint density at radius 2 is 1.67 bits per heavy atom.